The molecule has 0 spiro atoms. The highest BCUT2D eigenvalue weighted by Gasteiger charge is 2.25. The van der Waals surface area contributed by atoms with Gasteiger partial charge in [0.05, 0.1) is 40.2 Å². The van der Waals surface area contributed by atoms with Crippen LogP contribution in [0.5, 0.6) is 0 Å². The molecule has 0 amide bonds. The second-order valence-corrected chi connectivity index (χ2v) is 9.42. The number of hydrogen-bond donors (Lipinski definition) is 2. The molecule has 0 aromatic carbocycles. The Kier molecular flexibility index (Phi) is 5.85. The third kappa shape index (κ3) is 3.73. The number of halogens is 1. The van der Waals surface area contributed by atoms with Crippen LogP contribution in [-0.2, 0) is 11.8 Å². The fourth-order valence-electron chi connectivity index (χ4n) is 3.77. The molecule has 4 heterocycles. The van der Waals surface area contributed by atoms with Crippen molar-refractivity contribution in [3.63, 3.8) is 0 Å². The van der Waals surface area contributed by atoms with Gasteiger partial charge in [-0.1, -0.05) is 25.4 Å². The lowest BCUT2D eigenvalue weighted by molar-refractivity contribution is -0.0136. The summed E-state index contributed by atoms with van der Waals surface area (Å²) in [5, 5.41) is 14.5. The molecular weight excluding hydrogens is 424 g/mol. The Morgan fingerprint density at radius 2 is 2.20 bits per heavy atom. The predicted octanol–water partition coefficient (Wildman–Crippen LogP) is 3.70. The van der Waals surface area contributed by atoms with Crippen LogP contribution in [-0.4, -0.2) is 45.0 Å². The number of nitrogens with zero attached hydrogens (tertiary/aromatic N) is 3. The van der Waals surface area contributed by atoms with E-state index in [2.05, 4.69) is 29.1 Å². The molecule has 1 aliphatic rings. The highest BCUT2D eigenvalue weighted by molar-refractivity contribution is 7.22. The van der Waals surface area contributed by atoms with Gasteiger partial charge >= 0.3 is 0 Å². The minimum Gasteiger partial charge on any atom is -0.389 e. The first kappa shape index (κ1) is 21.2. The summed E-state index contributed by atoms with van der Waals surface area (Å²) in [4.78, 5) is 22.7. The molecule has 0 unspecified atom stereocenters. The normalized spacial score (nSPS) is 19.6. The summed E-state index contributed by atoms with van der Waals surface area (Å²) >= 11 is 8.02. The van der Waals surface area contributed by atoms with Crippen LogP contribution in [0.1, 0.15) is 37.3 Å². The molecule has 1 saturated heterocycles. The number of aromatic nitrogens is 3. The van der Waals surface area contributed by atoms with E-state index in [1.165, 1.54) is 11.3 Å². The molecule has 30 heavy (non-hydrogen) atoms. The molecule has 0 saturated carbocycles. The zero-order valence-electron chi connectivity index (χ0n) is 17.4. The van der Waals surface area contributed by atoms with Gasteiger partial charge in [0.25, 0.3) is 5.56 Å². The van der Waals surface area contributed by atoms with Crippen molar-refractivity contribution in [2.45, 2.75) is 45.3 Å². The SMILES string of the molecule is Cc1c(-c2nc(N[C@@H]3CCOC[C@H]3O)ncc2Cl)sc2c(C(C)C)cn(C)c(=O)c12. The summed E-state index contributed by atoms with van der Waals surface area (Å²) in [6.07, 6.45) is 3.52. The Hall–Kier alpha value is -2.00. The van der Waals surface area contributed by atoms with Crippen LogP contribution in [0.15, 0.2) is 17.2 Å². The first-order chi connectivity index (χ1) is 14.3. The number of rotatable bonds is 4. The predicted molar refractivity (Wildman–Crippen MR) is 121 cm³/mol. The second-order valence-electron chi connectivity index (χ2n) is 7.99. The summed E-state index contributed by atoms with van der Waals surface area (Å²) in [7, 11) is 1.78. The molecule has 0 bridgehead atoms. The molecule has 0 radical (unpaired) electrons. The van der Waals surface area contributed by atoms with Gasteiger partial charge in [-0.2, -0.15) is 0 Å². The number of hydrogen-bond acceptors (Lipinski definition) is 7. The Morgan fingerprint density at radius 1 is 1.43 bits per heavy atom. The summed E-state index contributed by atoms with van der Waals surface area (Å²) in [6, 6.07) is -0.184. The summed E-state index contributed by atoms with van der Waals surface area (Å²) in [5.74, 6) is 0.674. The van der Waals surface area contributed by atoms with Gasteiger partial charge in [-0.15, -0.1) is 11.3 Å². The van der Waals surface area contributed by atoms with E-state index in [9.17, 15) is 9.90 Å². The summed E-state index contributed by atoms with van der Waals surface area (Å²) in [5.41, 5.74) is 2.56. The molecule has 7 nitrogen and oxygen atoms in total. The van der Waals surface area contributed by atoms with Crippen LogP contribution in [0, 0.1) is 6.92 Å². The van der Waals surface area contributed by atoms with Crippen molar-refractivity contribution in [2.75, 3.05) is 18.5 Å². The summed E-state index contributed by atoms with van der Waals surface area (Å²) < 4.78 is 7.90. The number of aliphatic hydroxyl groups excluding tert-OH is 1. The minimum atomic E-state index is -0.621. The van der Waals surface area contributed by atoms with Gasteiger partial charge in [-0.3, -0.25) is 4.79 Å². The topological polar surface area (TPSA) is 89.3 Å². The number of pyridine rings is 1. The largest absolute Gasteiger partial charge is 0.389 e. The van der Waals surface area contributed by atoms with Crippen LogP contribution in [0.3, 0.4) is 0 Å². The average molecular weight is 449 g/mol. The second kappa shape index (κ2) is 8.26. The van der Waals surface area contributed by atoms with E-state index in [4.69, 9.17) is 16.3 Å². The monoisotopic (exact) mass is 448 g/mol. The average Bonchev–Trinajstić information content (AvgIpc) is 3.05. The highest BCUT2D eigenvalue weighted by Crippen LogP contribution is 2.41. The fraction of sp³-hybridized carbons (Fsp3) is 0.476. The van der Waals surface area contributed by atoms with E-state index in [1.807, 2.05) is 13.1 Å². The van der Waals surface area contributed by atoms with Crippen LogP contribution in [0.4, 0.5) is 5.95 Å². The number of anilines is 1. The molecule has 0 aliphatic carbocycles. The van der Waals surface area contributed by atoms with Gasteiger partial charge in [0.15, 0.2) is 0 Å². The maximum absolute atomic E-state index is 12.9. The standard InChI is InChI=1S/C21H25ClN4O3S/c1-10(2)12-8-26(4)20(28)16-11(3)18(30-19(12)16)17-13(22)7-23-21(25-17)24-14-5-6-29-9-15(14)27/h7-8,10,14-15,27H,5-6,9H2,1-4H3,(H,23,24,25)/t14-,15-/m1/s1. The van der Waals surface area contributed by atoms with Crippen molar-refractivity contribution in [3.8, 4) is 10.6 Å². The molecule has 9 heteroatoms. The number of ether oxygens (including phenoxy) is 1. The lowest BCUT2D eigenvalue weighted by atomic mass is 10.0. The van der Waals surface area contributed by atoms with Crippen molar-refractivity contribution < 1.29 is 9.84 Å². The van der Waals surface area contributed by atoms with E-state index >= 15 is 0 Å². The fourth-order valence-corrected chi connectivity index (χ4v) is 5.47. The van der Waals surface area contributed by atoms with Gasteiger partial charge in [0.2, 0.25) is 5.95 Å². The van der Waals surface area contributed by atoms with Crippen molar-refractivity contribution in [2.24, 2.45) is 7.05 Å². The highest BCUT2D eigenvalue weighted by atomic mass is 35.5. The molecule has 1 fully saturated rings. The maximum Gasteiger partial charge on any atom is 0.259 e. The van der Waals surface area contributed by atoms with Gasteiger partial charge in [-0.25, -0.2) is 9.97 Å². The first-order valence-corrected chi connectivity index (χ1v) is 11.1. The zero-order valence-corrected chi connectivity index (χ0v) is 19.0. The summed E-state index contributed by atoms with van der Waals surface area (Å²) in [6.45, 7) is 7.04. The quantitative estimate of drug-likeness (QED) is 0.632. The first-order valence-electron chi connectivity index (χ1n) is 9.95. The van der Waals surface area contributed by atoms with Crippen LogP contribution in [0.2, 0.25) is 5.02 Å². The van der Waals surface area contributed by atoms with Crippen LogP contribution >= 0.6 is 22.9 Å². The Morgan fingerprint density at radius 3 is 2.90 bits per heavy atom. The third-order valence-corrected chi connectivity index (χ3v) is 7.12. The van der Waals surface area contributed by atoms with E-state index in [1.54, 1.807) is 17.8 Å². The van der Waals surface area contributed by atoms with E-state index < -0.39 is 6.10 Å². The lowest BCUT2D eigenvalue weighted by Gasteiger charge is -2.28. The molecule has 1 aliphatic heterocycles. The van der Waals surface area contributed by atoms with E-state index in [0.717, 1.165) is 20.7 Å². The molecule has 2 atom stereocenters. The van der Waals surface area contributed by atoms with Crippen LogP contribution < -0.4 is 10.9 Å². The van der Waals surface area contributed by atoms with E-state index in [0.29, 0.717) is 35.1 Å². The molecule has 4 rings (SSSR count). The molecule has 160 valence electrons. The number of thiophene rings is 1. The lowest BCUT2D eigenvalue weighted by Crippen LogP contribution is -2.42. The van der Waals surface area contributed by atoms with Gasteiger partial charge in [0, 0.05) is 24.6 Å². The minimum absolute atomic E-state index is 0.0248. The van der Waals surface area contributed by atoms with Crippen molar-refractivity contribution in [1.29, 1.82) is 0 Å². The van der Waals surface area contributed by atoms with Crippen molar-refractivity contribution in [3.05, 3.63) is 38.9 Å². The Balaban J connectivity index is 1.82. The van der Waals surface area contributed by atoms with Crippen molar-refractivity contribution in [1.82, 2.24) is 14.5 Å². The molecule has 3 aromatic heterocycles. The third-order valence-electron chi connectivity index (χ3n) is 5.50. The zero-order chi connectivity index (χ0) is 21.6. The number of nitrogens with one attached hydrogen (secondary N) is 1. The van der Waals surface area contributed by atoms with Gasteiger partial charge in [-0.05, 0) is 30.4 Å². The van der Waals surface area contributed by atoms with Crippen molar-refractivity contribution >= 4 is 39.0 Å². The van der Waals surface area contributed by atoms with Gasteiger partial charge in [0.1, 0.15) is 5.69 Å². The smallest absolute Gasteiger partial charge is 0.259 e. The number of fused-ring (bicyclic) bond motifs is 1. The Bertz CT molecular complexity index is 1160. The molecule has 3 aromatic rings. The molecule has 2 N–H and O–H groups in total. The maximum atomic E-state index is 12.9. The Labute approximate surface area is 183 Å². The van der Waals surface area contributed by atoms with Crippen LogP contribution in [0.25, 0.3) is 20.7 Å². The van der Waals surface area contributed by atoms with Gasteiger partial charge < -0.3 is 19.7 Å². The molecular formula is C21H25ClN4O3S. The number of aryl methyl sites for hydroxylation is 2. The number of aliphatic hydroxyl groups is 1. The van der Waals surface area contributed by atoms with E-state index in [-0.39, 0.29) is 24.1 Å².